The first-order valence-electron chi connectivity index (χ1n) is 8.94. The molecule has 3 aromatic carbocycles. The molecule has 0 bridgehead atoms. The highest BCUT2D eigenvalue weighted by Gasteiger charge is 2.16. The van der Waals surface area contributed by atoms with E-state index in [9.17, 15) is 4.79 Å². The van der Waals surface area contributed by atoms with E-state index in [2.05, 4.69) is 12.2 Å². The van der Waals surface area contributed by atoms with Gasteiger partial charge in [0.05, 0.1) is 5.56 Å². The van der Waals surface area contributed by atoms with Crippen LogP contribution in [0, 0.1) is 6.92 Å². The van der Waals surface area contributed by atoms with Gasteiger partial charge in [-0.1, -0.05) is 67.1 Å². The Hall–Kier alpha value is -2.78. The van der Waals surface area contributed by atoms with Crippen molar-refractivity contribution in [3.05, 3.63) is 94.0 Å². The van der Waals surface area contributed by atoms with Crippen LogP contribution in [0.3, 0.4) is 0 Å². The molecule has 0 radical (unpaired) electrons. The molecular formula is C23H22ClNO2. The third-order valence-electron chi connectivity index (χ3n) is 4.40. The van der Waals surface area contributed by atoms with Gasteiger partial charge in [-0.25, -0.2) is 0 Å². The molecule has 3 nitrogen and oxygen atoms in total. The van der Waals surface area contributed by atoms with Gasteiger partial charge >= 0.3 is 0 Å². The van der Waals surface area contributed by atoms with Crippen LogP contribution in [0.1, 0.15) is 34.0 Å². The van der Waals surface area contributed by atoms with Crippen molar-refractivity contribution in [1.29, 1.82) is 0 Å². The Morgan fingerprint density at radius 1 is 1.04 bits per heavy atom. The summed E-state index contributed by atoms with van der Waals surface area (Å²) in [6.45, 7) is 4.44. The Morgan fingerprint density at radius 2 is 1.81 bits per heavy atom. The monoisotopic (exact) mass is 379 g/mol. The molecule has 1 amide bonds. The molecule has 27 heavy (non-hydrogen) atoms. The molecule has 0 fully saturated rings. The highest BCUT2D eigenvalue weighted by Crippen LogP contribution is 2.27. The molecule has 4 heteroatoms. The minimum Gasteiger partial charge on any atom is -0.488 e. The third kappa shape index (κ3) is 4.69. The number of nitrogens with one attached hydrogen (secondary N) is 1. The van der Waals surface area contributed by atoms with Crippen LogP contribution in [0.4, 0.5) is 5.69 Å². The lowest BCUT2D eigenvalue weighted by molar-refractivity contribution is 0.102. The van der Waals surface area contributed by atoms with Crippen LogP contribution >= 0.6 is 11.6 Å². The van der Waals surface area contributed by atoms with Crippen LogP contribution < -0.4 is 10.1 Å². The van der Waals surface area contributed by atoms with Gasteiger partial charge in [0.25, 0.3) is 5.91 Å². The zero-order valence-corrected chi connectivity index (χ0v) is 16.2. The van der Waals surface area contributed by atoms with Crippen LogP contribution in [-0.2, 0) is 13.0 Å². The van der Waals surface area contributed by atoms with Gasteiger partial charge in [-0.2, -0.15) is 0 Å². The van der Waals surface area contributed by atoms with E-state index in [1.165, 1.54) is 0 Å². The Balaban J connectivity index is 1.85. The predicted octanol–water partition coefficient (Wildman–Crippen LogP) is 6.04. The number of benzene rings is 3. The molecule has 0 aliphatic carbocycles. The topological polar surface area (TPSA) is 38.3 Å². The van der Waals surface area contributed by atoms with E-state index >= 15 is 0 Å². The normalized spacial score (nSPS) is 10.5. The third-order valence-corrected chi connectivity index (χ3v) is 4.64. The minimum absolute atomic E-state index is 0.232. The van der Waals surface area contributed by atoms with Gasteiger partial charge in [-0.3, -0.25) is 4.79 Å². The zero-order chi connectivity index (χ0) is 19.2. The lowest BCUT2D eigenvalue weighted by Gasteiger charge is -2.15. The predicted molar refractivity (Wildman–Crippen MR) is 111 cm³/mol. The van der Waals surface area contributed by atoms with E-state index in [4.69, 9.17) is 16.3 Å². The van der Waals surface area contributed by atoms with E-state index in [-0.39, 0.29) is 5.91 Å². The number of ether oxygens (including phenoxy) is 1. The second-order valence-corrected chi connectivity index (χ2v) is 6.77. The van der Waals surface area contributed by atoms with Crippen LogP contribution in [-0.4, -0.2) is 5.91 Å². The molecular weight excluding hydrogens is 358 g/mol. The van der Waals surface area contributed by atoms with Gasteiger partial charge < -0.3 is 10.1 Å². The SMILES string of the molecule is CCc1cccc(C)c1NC(=O)c1cc(Cl)ccc1OCc1ccccc1. The number of rotatable bonds is 6. The fourth-order valence-corrected chi connectivity index (χ4v) is 3.10. The first-order chi connectivity index (χ1) is 13.1. The number of halogens is 1. The summed E-state index contributed by atoms with van der Waals surface area (Å²) in [4.78, 5) is 13.0. The van der Waals surface area contributed by atoms with E-state index in [0.29, 0.717) is 22.9 Å². The number of hydrogen-bond acceptors (Lipinski definition) is 2. The second-order valence-electron chi connectivity index (χ2n) is 6.33. The van der Waals surface area contributed by atoms with Crippen molar-refractivity contribution >= 4 is 23.2 Å². The standard InChI is InChI=1S/C23H22ClNO2/c1-3-18-11-7-8-16(2)22(18)25-23(26)20-14-19(24)12-13-21(20)27-15-17-9-5-4-6-10-17/h4-14H,3,15H2,1-2H3,(H,25,26). The fourth-order valence-electron chi connectivity index (χ4n) is 2.92. The van der Waals surface area contributed by atoms with Crippen LogP contribution in [0.15, 0.2) is 66.7 Å². The van der Waals surface area contributed by atoms with Crippen molar-refractivity contribution < 1.29 is 9.53 Å². The largest absolute Gasteiger partial charge is 0.488 e. The van der Waals surface area contributed by atoms with E-state index < -0.39 is 0 Å². The molecule has 0 saturated carbocycles. The Kier molecular flexibility index (Phi) is 6.15. The van der Waals surface area contributed by atoms with Gasteiger partial charge in [0, 0.05) is 10.7 Å². The van der Waals surface area contributed by atoms with E-state index in [1.807, 2.05) is 55.5 Å². The molecule has 0 heterocycles. The molecule has 138 valence electrons. The molecule has 0 spiro atoms. The first kappa shape index (κ1) is 19.0. The maximum atomic E-state index is 13.0. The average molecular weight is 380 g/mol. The summed E-state index contributed by atoms with van der Waals surface area (Å²) in [5, 5.41) is 3.53. The summed E-state index contributed by atoms with van der Waals surface area (Å²) >= 11 is 6.14. The van der Waals surface area contributed by atoms with Gasteiger partial charge in [0.2, 0.25) is 0 Å². The van der Waals surface area contributed by atoms with Crippen molar-refractivity contribution in [3.63, 3.8) is 0 Å². The second kappa shape index (κ2) is 8.74. The zero-order valence-electron chi connectivity index (χ0n) is 15.5. The number of carbonyl (C=O) groups excluding carboxylic acids is 1. The van der Waals surface area contributed by atoms with Gasteiger partial charge in [-0.15, -0.1) is 0 Å². The molecule has 0 aromatic heterocycles. The Morgan fingerprint density at radius 3 is 2.56 bits per heavy atom. The summed E-state index contributed by atoms with van der Waals surface area (Å²) in [6, 6.07) is 20.9. The van der Waals surface area contributed by atoms with Crippen molar-refractivity contribution in [2.75, 3.05) is 5.32 Å². The molecule has 0 saturated heterocycles. The fraction of sp³-hybridized carbons (Fsp3) is 0.174. The minimum atomic E-state index is -0.232. The quantitative estimate of drug-likeness (QED) is 0.566. The van der Waals surface area contributed by atoms with Crippen molar-refractivity contribution in [3.8, 4) is 5.75 Å². The van der Waals surface area contributed by atoms with Crippen LogP contribution in [0.25, 0.3) is 0 Å². The average Bonchev–Trinajstić information content (AvgIpc) is 2.69. The highest BCUT2D eigenvalue weighted by atomic mass is 35.5. The first-order valence-corrected chi connectivity index (χ1v) is 9.32. The molecule has 0 aliphatic heterocycles. The van der Waals surface area contributed by atoms with Crippen LogP contribution in [0.5, 0.6) is 5.75 Å². The summed E-state index contributed by atoms with van der Waals surface area (Å²) in [7, 11) is 0. The lowest BCUT2D eigenvalue weighted by atomic mass is 10.1. The number of amides is 1. The maximum Gasteiger partial charge on any atom is 0.259 e. The maximum absolute atomic E-state index is 13.0. The highest BCUT2D eigenvalue weighted by molar-refractivity contribution is 6.31. The van der Waals surface area contributed by atoms with E-state index in [1.54, 1.807) is 18.2 Å². The summed E-state index contributed by atoms with van der Waals surface area (Å²) in [6.07, 6.45) is 0.838. The molecule has 3 aromatic rings. The summed E-state index contributed by atoms with van der Waals surface area (Å²) < 4.78 is 5.90. The van der Waals surface area contributed by atoms with Crippen LogP contribution in [0.2, 0.25) is 5.02 Å². The number of aryl methyl sites for hydroxylation is 2. The number of para-hydroxylation sites is 1. The van der Waals surface area contributed by atoms with Crippen molar-refractivity contribution in [1.82, 2.24) is 0 Å². The van der Waals surface area contributed by atoms with Gasteiger partial charge in [0.1, 0.15) is 12.4 Å². The van der Waals surface area contributed by atoms with Crippen molar-refractivity contribution in [2.24, 2.45) is 0 Å². The summed E-state index contributed by atoms with van der Waals surface area (Å²) in [5.41, 5.74) is 4.42. The Labute approximate surface area is 164 Å². The lowest BCUT2D eigenvalue weighted by Crippen LogP contribution is -2.16. The van der Waals surface area contributed by atoms with Gasteiger partial charge in [0.15, 0.2) is 0 Å². The number of hydrogen-bond donors (Lipinski definition) is 1. The van der Waals surface area contributed by atoms with E-state index in [0.717, 1.165) is 28.8 Å². The number of anilines is 1. The molecule has 0 atom stereocenters. The number of carbonyl (C=O) groups is 1. The molecule has 0 aliphatic rings. The van der Waals surface area contributed by atoms with Crippen molar-refractivity contribution in [2.45, 2.75) is 26.9 Å². The smallest absolute Gasteiger partial charge is 0.259 e. The Bertz CT molecular complexity index is 938. The summed E-state index contributed by atoms with van der Waals surface area (Å²) in [5.74, 6) is 0.275. The van der Waals surface area contributed by atoms with Gasteiger partial charge in [-0.05, 0) is 48.2 Å². The molecule has 1 N–H and O–H groups in total. The molecule has 3 rings (SSSR count). The molecule has 0 unspecified atom stereocenters.